The van der Waals surface area contributed by atoms with Gasteiger partial charge in [-0.1, -0.05) is 32.0 Å². The smallest absolute Gasteiger partial charge is 0.326 e. The van der Waals surface area contributed by atoms with Crippen molar-refractivity contribution in [3.05, 3.63) is 35.6 Å². The maximum atomic E-state index is 13.8. The van der Waals surface area contributed by atoms with Crippen LogP contribution in [0.5, 0.6) is 0 Å². The van der Waals surface area contributed by atoms with Gasteiger partial charge in [0.15, 0.2) is 0 Å². The van der Waals surface area contributed by atoms with E-state index in [-0.39, 0.29) is 18.2 Å². The third-order valence-electron chi connectivity index (χ3n) is 3.13. The Bertz CT molecular complexity index is 448. The molecule has 0 aliphatic carbocycles. The summed E-state index contributed by atoms with van der Waals surface area (Å²) in [5, 5.41) is 3.21. The van der Waals surface area contributed by atoms with Crippen LogP contribution < -0.4 is 5.32 Å². The molecule has 112 valence electrons. The molecule has 0 saturated carbocycles. The normalized spacial score (nSPS) is 14.1. The van der Waals surface area contributed by atoms with Gasteiger partial charge in [-0.05, 0) is 37.9 Å². The molecule has 1 aromatic carbocycles. The van der Waals surface area contributed by atoms with Crippen molar-refractivity contribution in [3.63, 3.8) is 0 Å². The zero-order chi connectivity index (χ0) is 15.2. The summed E-state index contributed by atoms with van der Waals surface area (Å²) in [7, 11) is 0. The van der Waals surface area contributed by atoms with Crippen LogP contribution in [0.1, 0.15) is 33.3 Å². The second-order valence-electron chi connectivity index (χ2n) is 5.60. The van der Waals surface area contributed by atoms with Crippen LogP contribution in [-0.2, 0) is 16.0 Å². The number of halogens is 1. The molecule has 1 N–H and O–H groups in total. The number of hydrogen-bond donors (Lipinski definition) is 1. The summed E-state index contributed by atoms with van der Waals surface area (Å²) in [4.78, 5) is 12.2. The molecular formula is C16H24FNO2. The highest BCUT2D eigenvalue weighted by Crippen LogP contribution is 2.18. The summed E-state index contributed by atoms with van der Waals surface area (Å²) in [6.07, 6.45) is 0.269. The molecular weight excluding hydrogens is 257 g/mol. The van der Waals surface area contributed by atoms with E-state index in [0.717, 1.165) is 0 Å². The fourth-order valence-corrected chi connectivity index (χ4v) is 1.95. The molecule has 1 atom stereocenters. The van der Waals surface area contributed by atoms with E-state index in [0.29, 0.717) is 24.6 Å². The van der Waals surface area contributed by atoms with Crippen LogP contribution in [-0.4, -0.2) is 24.7 Å². The number of esters is 1. The second kappa shape index (κ2) is 7.39. The number of hydrogen-bond acceptors (Lipinski definition) is 3. The van der Waals surface area contributed by atoms with Crippen LogP contribution in [0.3, 0.4) is 0 Å². The first-order valence-electron chi connectivity index (χ1n) is 7.04. The number of carbonyl (C=O) groups is 1. The average molecular weight is 281 g/mol. The van der Waals surface area contributed by atoms with Crippen molar-refractivity contribution in [2.24, 2.45) is 5.92 Å². The van der Waals surface area contributed by atoms with E-state index in [2.05, 4.69) is 19.2 Å². The van der Waals surface area contributed by atoms with Crippen molar-refractivity contribution >= 4 is 5.97 Å². The van der Waals surface area contributed by atoms with Crippen LogP contribution in [0.4, 0.5) is 4.39 Å². The zero-order valence-corrected chi connectivity index (χ0v) is 12.7. The minimum absolute atomic E-state index is 0.269. The van der Waals surface area contributed by atoms with Gasteiger partial charge in [0.25, 0.3) is 0 Å². The summed E-state index contributed by atoms with van der Waals surface area (Å²) in [5.74, 6) is -0.248. The van der Waals surface area contributed by atoms with Crippen molar-refractivity contribution in [1.29, 1.82) is 0 Å². The topological polar surface area (TPSA) is 38.3 Å². The van der Waals surface area contributed by atoms with Crippen LogP contribution in [0.15, 0.2) is 24.3 Å². The van der Waals surface area contributed by atoms with Crippen LogP contribution >= 0.6 is 0 Å². The summed E-state index contributed by atoms with van der Waals surface area (Å²) >= 11 is 0. The van der Waals surface area contributed by atoms with Gasteiger partial charge in [0.05, 0.1) is 6.61 Å². The lowest BCUT2D eigenvalue weighted by atomic mass is 9.92. The first kappa shape index (κ1) is 16.6. The predicted molar refractivity (Wildman–Crippen MR) is 78.0 cm³/mol. The molecule has 0 fully saturated rings. The molecule has 20 heavy (non-hydrogen) atoms. The van der Waals surface area contributed by atoms with Crippen molar-refractivity contribution in [2.45, 2.75) is 39.7 Å². The van der Waals surface area contributed by atoms with E-state index in [1.54, 1.807) is 32.0 Å². The summed E-state index contributed by atoms with van der Waals surface area (Å²) in [6, 6.07) is 6.52. The van der Waals surface area contributed by atoms with E-state index in [4.69, 9.17) is 4.74 Å². The predicted octanol–water partition coefficient (Wildman–Crippen LogP) is 2.94. The van der Waals surface area contributed by atoms with Crippen LogP contribution in [0, 0.1) is 11.7 Å². The monoisotopic (exact) mass is 281 g/mol. The molecule has 0 aromatic heterocycles. The van der Waals surface area contributed by atoms with Crippen molar-refractivity contribution in [1.82, 2.24) is 5.32 Å². The highest BCUT2D eigenvalue weighted by Gasteiger charge is 2.35. The first-order valence-corrected chi connectivity index (χ1v) is 7.04. The van der Waals surface area contributed by atoms with E-state index in [1.165, 1.54) is 6.07 Å². The molecule has 0 heterocycles. The van der Waals surface area contributed by atoms with Gasteiger partial charge in [-0.15, -0.1) is 0 Å². The van der Waals surface area contributed by atoms with Crippen molar-refractivity contribution in [2.75, 3.05) is 13.2 Å². The number of ether oxygens (including phenoxy) is 1. The Balaban J connectivity index is 2.92. The van der Waals surface area contributed by atoms with Gasteiger partial charge in [-0.25, -0.2) is 4.39 Å². The zero-order valence-electron chi connectivity index (χ0n) is 12.7. The number of carbonyl (C=O) groups excluding carboxylic acids is 1. The summed E-state index contributed by atoms with van der Waals surface area (Å²) in [5.41, 5.74) is -0.401. The third-order valence-corrected chi connectivity index (χ3v) is 3.13. The first-order chi connectivity index (χ1) is 9.39. The van der Waals surface area contributed by atoms with E-state index in [9.17, 15) is 9.18 Å². The van der Waals surface area contributed by atoms with Gasteiger partial charge in [0, 0.05) is 6.42 Å². The van der Waals surface area contributed by atoms with Crippen molar-refractivity contribution in [3.8, 4) is 0 Å². The van der Waals surface area contributed by atoms with Gasteiger partial charge in [0.2, 0.25) is 0 Å². The lowest BCUT2D eigenvalue weighted by Crippen LogP contribution is -2.53. The molecule has 1 aromatic rings. The summed E-state index contributed by atoms with van der Waals surface area (Å²) < 4.78 is 18.9. The fraction of sp³-hybridized carbons (Fsp3) is 0.562. The SMILES string of the molecule is CCOC(=O)C(C)(Cc1ccccc1F)NCC(C)C. The van der Waals surface area contributed by atoms with Gasteiger partial charge in [0.1, 0.15) is 11.4 Å². The molecule has 0 radical (unpaired) electrons. The third kappa shape index (κ3) is 4.60. The van der Waals surface area contributed by atoms with Crippen molar-refractivity contribution < 1.29 is 13.9 Å². The van der Waals surface area contributed by atoms with Gasteiger partial charge in [-0.3, -0.25) is 4.79 Å². The second-order valence-corrected chi connectivity index (χ2v) is 5.60. The maximum Gasteiger partial charge on any atom is 0.326 e. The Morgan fingerprint density at radius 3 is 2.60 bits per heavy atom. The molecule has 1 unspecified atom stereocenters. The van der Waals surface area contributed by atoms with Crippen LogP contribution in [0.25, 0.3) is 0 Å². The van der Waals surface area contributed by atoms with Crippen LogP contribution in [0.2, 0.25) is 0 Å². The Morgan fingerprint density at radius 1 is 1.40 bits per heavy atom. The maximum absolute atomic E-state index is 13.8. The Labute approximate surface area is 120 Å². The fourth-order valence-electron chi connectivity index (χ4n) is 1.95. The Hall–Kier alpha value is -1.42. The summed E-state index contributed by atoms with van der Waals surface area (Å²) in [6.45, 7) is 8.63. The van der Waals surface area contributed by atoms with E-state index in [1.807, 2.05) is 0 Å². The lowest BCUT2D eigenvalue weighted by molar-refractivity contribution is -0.150. The van der Waals surface area contributed by atoms with Gasteiger partial charge >= 0.3 is 5.97 Å². The number of benzene rings is 1. The number of rotatable bonds is 7. The molecule has 1 rings (SSSR count). The molecule has 0 spiro atoms. The minimum atomic E-state index is -0.914. The molecule has 0 aliphatic rings. The lowest BCUT2D eigenvalue weighted by Gasteiger charge is -2.29. The molecule has 4 heteroatoms. The van der Waals surface area contributed by atoms with E-state index < -0.39 is 5.54 Å². The Morgan fingerprint density at radius 2 is 2.05 bits per heavy atom. The highest BCUT2D eigenvalue weighted by molar-refractivity contribution is 5.80. The molecule has 0 saturated heterocycles. The Kier molecular flexibility index (Phi) is 6.14. The van der Waals surface area contributed by atoms with Gasteiger partial charge < -0.3 is 10.1 Å². The number of nitrogens with one attached hydrogen (secondary N) is 1. The van der Waals surface area contributed by atoms with Gasteiger partial charge in [-0.2, -0.15) is 0 Å². The van der Waals surface area contributed by atoms with E-state index >= 15 is 0 Å². The molecule has 0 aliphatic heterocycles. The minimum Gasteiger partial charge on any atom is -0.465 e. The molecule has 0 amide bonds. The quantitative estimate of drug-likeness (QED) is 0.781. The largest absolute Gasteiger partial charge is 0.465 e. The molecule has 0 bridgehead atoms. The average Bonchev–Trinajstić information content (AvgIpc) is 2.39. The standard InChI is InChI=1S/C16H24FNO2/c1-5-20-15(19)16(4,18-11-12(2)3)10-13-8-6-7-9-14(13)17/h6-9,12,18H,5,10-11H2,1-4H3. The highest BCUT2D eigenvalue weighted by atomic mass is 19.1. The molecule has 3 nitrogen and oxygen atoms in total.